The Hall–Kier alpha value is -1.02. The summed E-state index contributed by atoms with van der Waals surface area (Å²) < 4.78 is 0. The Bertz CT molecular complexity index is 446. The Morgan fingerprint density at radius 1 is 1.22 bits per heavy atom. The molecule has 0 N–H and O–H groups in total. The maximum atomic E-state index is 12.4. The third-order valence-corrected chi connectivity index (χ3v) is 4.21. The monoisotopic (exact) mass is 265 g/mol. The smallest absolute Gasteiger partial charge is 0.237 e. The highest BCUT2D eigenvalue weighted by Gasteiger charge is 2.44. The van der Waals surface area contributed by atoms with E-state index < -0.39 is 0 Å². The van der Waals surface area contributed by atoms with Crippen molar-refractivity contribution in [3.8, 4) is 0 Å². The number of unbranched alkanes of at least 4 members (excludes halogenated alkanes) is 2. The van der Waals surface area contributed by atoms with Gasteiger partial charge in [0.15, 0.2) is 0 Å². The Balaban J connectivity index is 2.19. The van der Waals surface area contributed by atoms with Crippen LogP contribution >= 0.6 is 11.6 Å². The first-order valence-electron chi connectivity index (χ1n) is 6.55. The van der Waals surface area contributed by atoms with Crippen LogP contribution in [0.25, 0.3) is 0 Å². The average Bonchev–Trinajstić information content (AvgIpc) is 2.59. The summed E-state index contributed by atoms with van der Waals surface area (Å²) in [6.07, 6.45) is 4.09. The number of carbonyl (C=O) groups is 1. The van der Waals surface area contributed by atoms with Gasteiger partial charge in [0.2, 0.25) is 5.91 Å². The zero-order valence-electron chi connectivity index (χ0n) is 11.1. The largest absolute Gasteiger partial charge is 0.314 e. The summed E-state index contributed by atoms with van der Waals surface area (Å²) in [6, 6.07) is 8.11. The molecule has 3 heteroatoms. The standard InChI is InChI=1S/C15H20ClNO/c1-15(10-6-3-7-11-16)12-8-4-5-9-13(12)17(2)14(15)18/h4-5,8-9H,3,6-7,10-11H2,1-2H3. The van der Waals surface area contributed by atoms with Crippen molar-refractivity contribution in [3.05, 3.63) is 29.8 Å². The van der Waals surface area contributed by atoms with Crippen LogP contribution in [-0.2, 0) is 10.2 Å². The molecule has 0 aliphatic carbocycles. The SMILES string of the molecule is CN1C(=O)C(C)(CCCCCCl)c2ccccc21. The molecule has 1 unspecified atom stereocenters. The molecule has 2 nitrogen and oxygen atoms in total. The van der Waals surface area contributed by atoms with Crippen molar-refractivity contribution in [2.24, 2.45) is 0 Å². The van der Waals surface area contributed by atoms with Gasteiger partial charge in [-0.15, -0.1) is 11.6 Å². The number of halogens is 1. The van der Waals surface area contributed by atoms with Crippen LogP contribution in [-0.4, -0.2) is 18.8 Å². The summed E-state index contributed by atoms with van der Waals surface area (Å²) in [6.45, 7) is 2.07. The Morgan fingerprint density at radius 2 is 1.94 bits per heavy atom. The van der Waals surface area contributed by atoms with Gasteiger partial charge in [0.05, 0.1) is 5.41 Å². The van der Waals surface area contributed by atoms with Crippen LogP contribution in [0, 0.1) is 0 Å². The van der Waals surface area contributed by atoms with Crippen molar-refractivity contribution < 1.29 is 4.79 Å². The lowest BCUT2D eigenvalue weighted by Gasteiger charge is -2.23. The minimum absolute atomic E-state index is 0.217. The van der Waals surface area contributed by atoms with Crippen LogP contribution in [0.3, 0.4) is 0 Å². The molecule has 0 spiro atoms. The summed E-state index contributed by atoms with van der Waals surface area (Å²) in [7, 11) is 1.87. The molecule has 0 fully saturated rings. The van der Waals surface area contributed by atoms with Gasteiger partial charge in [-0.2, -0.15) is 0 Å². The Kier molecular flexibility index (Phi) is 3.96. The molecule has 1 aliphatic rings. The van der Waals surface area contributed by atoms with E-state index >= 15 is 0 Å². The van der Waals surface area contributed by atoms with E-state index in [1.807, 2.05) is 25.2 Å². The number of nitrogens with zero attached hydrogens (tertiary/aromatic N) is 1. The second kappa shape index (κ2) is 5.31. The van der Waals surface area contributed by atoms with E-state index in [0.717, 1.165) is 31.4 Å². The lowest BCUT2D eigenvalue weighted by Crippen LogP contribution is -2.36. The van der Waals surface area contributed by atoms with Crippen molar-refractivity contribution in [2.75, 3.05) is 17.8 Å². The Morgan fingerprint density at radius 3 is 2.67 bits per heavy atom. The number of likely N-dealkylation sites (N-methyl/N-ethyl adjacent to an activating group) is 1. The van der Waals surface area contributed by atoms with Crippen LogP contribution in [0.15, 0.2) is 24.3 Å². The predicted octanol–water partition coefficient (Wildman–Crippen LogP) is 3.72. The van der Waals surface area contributed by atoms with Gasteiger partial charge in [0.1, 0.15) is 0 Å². The van der Waals surface area contributed by atoms with Gasteiger partial charge >= 0.3 is 0 Å². The third-order valence-electron chi connectivity index (χ3n) is 3.95. The number of anilines is 1. The molecule has 1 aliphatic heterocycles. The van der Waals surface area contributed by atoms with Crippen LogP contribution in [0.2, 0.25) is 0 Å². The summed E-state index contributed by atoms with van der Waals surface area (Å²) in [5.41, 5.74) is 1.88. The fraction of sp³-hybridized carbons (Fsp3) is 0.533. The van der Waals surface area contributed by atoms with Gasteiger partial charge in [0, 0.05) is 18.6 Å². The first kappa shape index (κ1) is 13.4. The predicted molar refractivity (Wildman–Crippen MR) is 76.4 cm³/mol. The molecule has 1 amide bonds. The van der Waals surface area contributed by atoms with E-state index in [2.05, 4.69) is 13.0 Å². The molecular formula is C15H20ClNO. The molecular weight excluding hydrogens is 246 g/mol. The molecule has 0 saturated carbocycles. The molecule has 0 saturated heterocycles. The first-order valence-corrected chi connectivity index (χ1v) is 7.08. The number of hydrogen-bond acceptors (Lipinski definition) is 1. The highest BCUT2D eigenvalue weighted by atomic mass is 35.5. The third kappa shape index (κ3) is 2.14. The number of fused-ring (bicyclic) bond motifs is 1. The van der Waals surface area contributed by atoms with E-state index in [9.17, 15) is 4.79 Å². The lowest BCUT2D eigenvalue weighted by molar-refractivity contribution is -0.122. The topological polar surface area (TPSA) is 20.3 Å². The van der Waals surface area contributed by atoms with Crippen LogP contribution in [0.4, 0.5) is 5.69 Å². The first-order chi connectivity index (χ1) is 8.61. The minimum atomic E-state index is -0.350. The zero-order valence-corrected chi connectivity index (χ0v) is 11.8. The number of para-hydroxylation sites is 1. The summed E-state index contributed by atoms with van der Waals surface area (Å²) >= 11 is 5.69. The molecule has 0 radical (unpaired) electrons. The second-order valence-electron chi connectivity index (χ2n) is 5.21. The lowest BCUT2D eigenvalue weighted by atomic mass is 9.79. The van der Waals surface area contributed by atoms with E-state index in [1.165, 1.54) is 5.56 Å². The molecule has 2 rings (SSSR count). The van der Waals surface area contributed by atoms with Crippen molar-refractivity contribution in [3.63, 3.8) is 0 Å². The summed E-state index contributed by atoms with van der Waals surface area (Å²) in [5, 5.41) is 0. The van der Waals surface area contributed by atoms with Crippen LogP contribution in [0.5, 0.6) is 0 Å². The van der Waals surface area contributed by atoms with Crippen molar-refractivity contribution in [1.82, 2.24) is 0 Å². The average molecular weight is 266 g/mol. The van der Waals surface area contributed by atoms with Gasteiger partial charge in [-0.1, -0.05) is 31.0 Å². The number of amides is 1. The minimum Gasteiger partial charge on any atom is -0.314 e. The fourth-order valence-corrected chi connectivity index (χ4v) is 3.01. The number of rotatable bonds is 5. The Labute approximate surface area is 114 Å². The number of alkyl halides is 1. The van der Waals surface area contributed by atoms with Crippen molar-refractivity contribution in [1.29, 1.82) is 0 Å². The van der Waals surface area contributed by atoms with E-state index in [1.54, 1.807) is 4.90 Å². The summed E-state index contributed by atoms with van der Waals surface area (Å²) in [4.78, 5) is 14.2. The van der Waals surface area contributed by atoms with Crippen molar-refractivity contribution >= 4 is 23.2 Å². The van der Waals surface area contributed by atoms with Gasteiger partial charge < -0.3 is 4.90 Å². The van der Waals surface area contributed by atoms with E-state index in [-0.39, 0.29) is 11.3 Å². The van der Waals surface area contributed by atoms with Crippen molar-refractivity contribution in [2.45, 2.75) is 38.0 Å². The van der Waals surface area contributed by atoms with Crippen LogP contribution < -0.4 is 4.90 Å². The molecule has 98 valence electrons. The highest BCUT2D eigenvalue weighted by molar-refractivity contribution is 6.17. The van der Waals surface area contributed by atoms with E-state index in [0.29, 0.717) is 5.88 Å². The van der Waals surface area contributed by atoms with Gasteiger partial charge in [-0.3, -0.25) is 4.79 Å². The van der Waals surface area contributed by atoms with E-state index in [4.69, 9.17) is 11.6 Å². The molecule has 1 heterocycles. The summed E-state index contributed by atoms with van der Waals surface area (Å²) in [5.74, 6) is 0.927. The number of benzene rings is 1. The van der Waals surface area contributed by atoms with Crippen LogP contribution in [0.1, 0.15) is 38.2 Å². The second-order valence-corrected chi connectivity index (χ2v) is 5.59. The molecule has 0 bridgehead atoms. The number of carbonyl (C=O) groups excluding carboxylic acids is 1. The van der Waals surface area contributed by atoms with Gasteiger partial charge in [0.25, 0.3) is 0 Å². The molecule has 1 aromatic rings. The fourth-order valence-electron chi connectivity index (χ4n) is 2.82. The molecule has 0 aromatic heterocycles. The van der Waals surface area contributed by atoms with Gasteiger partial charge in [-0.05, 0) is 31.4 Å². The molecule has 1 atom stereocenters. The zero-order chi connectivity index (χ0) is 13.2. The maximum Gasteiger partial charge on any atom is 0.237 e. The normalized spacial score (nSPS) is 22.4. The quantitative estimate of drug-likeness (QED) is 0.587. The molecule has 1 aromatic carbocycles. The number of hydrogen-bond donors (Lipinski definition) is 0. The molecule has 18 heavy (non-hydrogen) atoms. The maximum absolute atomic E-state index is 12.4. The highest BCUT2D eigenvalue weighted by Crippen LogP contribution is 2.43. The van der Waals surface area contributed by atoms with Gasteiger partial charge in [-0.25, -0.2) is 0 Å².